The van der Waals surface area contributed by atoms with Crippen LogP contribution in [0.5, 0.6) is 5.75 Å². The number of aromatic nitrogens is 3. The molecule has 4 aliphatic heterocycles. The van der Waals surface area contributed by atoms with Gasteiger partial charge in [-0.3, -0.25) is 34.2 Å². The largest absolute Gasteiger partial charge is 0.478 e. The molecule has 1 saturated carbocycles. The van der Waals surface area contributed by atoms with E-state index in [4.69, 9.17) is 26.1 Å². The van der Waals surface area contributed by atoms with Crippen LogP contribution >= 0.6 is 11.6 Å². The lowest BCUT2D eigenvalue weighted by Crippen LogP contribution is -2.59. The molecule has 0 radical (unpaired) electrons. The summed E-state index contributed by atoms with van der Waals surface area (Å²) in [4.78, 5) is 80.4. The van der Waals surface area contributed by atoms with E-state index < -0.39 is 23.8 Å². The standard InChI is InChI=1S/C47H56ClFN10O7/c1-25(2)58-35-8-6-29(18-28(35)19-38(46(58)64)65-24-40(61)50-5)52-43-34(48)22-51-47(54-43)55-14-12-31(13-15-55)66-32-20-30(21-32)56-16-17-57(26(3)23-56)36-9-7-33-41(42(36)49)27(4)59(45(33)63)37-10-11-39(60)53-44(37)62/h6-9,18-19,22,25-27,30-32,37H,10-17,20-21,23-24H2,1-5H3,(H,50,61)(H,51,52,54)(H,53,60,62)/t26-,27-,30-,32-,37+/m1/s1. The number of piperidine rings is 2. The minimum Gasteiger partial charge on any atom is -0.478 e. The normalized spacial score (nSPS) is 23.8. The molecule has 2 aromatic carbocycles. The van der Waals surface area contributed by atoms with Crippen LogP contribution in [0.2, 0.25) is 5.02 Å². The Morgan fingerprint density at radius 3 is 2.48 bits per heavy atom. The number of likely N-dealkylation sites (N-methyl/N-ethyl adjacent to an activating group) is 1. The van der Waals surface area contributed by atoms with Crippen LogP contribution in [0.4, 0.5) is 27.5 Å². The molecule has 2 aromatic heterocycles. The number of carbonyl (C=O) groups excluding carboxylic acids is 4. The van der Waals surface area contributed by atoms with Crippen molar-refractivity contribution in [1.82, 2.24) is 35.0 Å². The van der Waals surface area contributed by atoms with Crippen molar-refractivity contribution in [3.05, 3.63) is 74.9 Å². The average Bonchev–Trinajstić information content (AvgIpc) is 3.53. The maximum Gasteiger partial charge on any atom is 0.293 e. The fourth-order valence-corrected chi connectivity index (χ4v) is 10.4. The molecule has 17 nitrogen and oxygen atoms in total. The summed E-state index contributed by atoms with van der Waals surface area (Å²) in [5.41, 5.74) is 2.16. The number of nitrogens with one attached hydrogen (secondary N) is 3. The number of hydrogen-bond donors (Lipinski definition) is 3. The third-order valence-electron chi connectivity index (χ3n) is 13.8. The number of anilines is 4. The van der Waals surface area contributed by atoms with Gasteiger partial charge in [0.1, 0.15) is 11.1 Å². The Balaban J connectivity index is 0.762. The van der Waals surface area contributed by atoms with Gasteiger partial charge in [-0.05, 0) is 96.2 Å². The molecule has 9 rings (SSSR count). The quantitative estimate of drug-likeness (QED) is 0.160. The summed E-state index contributed by atoms with van der Waals surface area (Å²) in [7, 11) is 1.51. The number of carbonyl (C=O) groups is 4. The number of amides is 4. The first-order valence-electron chi connectivity index (χ1n) is 22.9. The molecule has 19 heteroatoms. The summed E-state index contributed by atoms with van der Waals surface area (Å²) in [6.45, 7) is 11.1. The lowest BCUT2D eigenvalue weighted by Gasteiger charge is -2.49. The highest BCUT2D eigenvalue weighted by atomic mass is 35.5. The zero-order chi connectivity index (χ0) is 46.6. The Hall–Kier alpha value is -5.85. The van der Waals surface area contributed by atoms with Crippen molar-refractivity contribution < 1.29 is 33.0 Å². The number of rotatable bonds is 12. The second kappa shape index (κ2) is 18.4. The van der Waals surface area contributed by atoms with E-state index in [9.17, 15) is 24.0 Å². The van der Waals surface area contributed by atoms with Crippen molar-refractivity contribution in [2.45, 2.75) is 109 Å². The number of nitrogens with zero attached hydrogens (tertiary/aromatic N) is 7. The van der Waals surface area contributed by atoms with Crippen LogP contribution in [-0.2, 0) is 19.1 Å². The summed E-state index contributed by atoms with van der Waals surface area (Å²) < 4.78 is 30.3. The van der Waals surface area contributed by atoms with Gasteiger partial charge in [0.15, 0.2) is 24.0 Å². The number of pyridine rings is 1. The first-order chi connectivity index (χ1) is 31.7. The van der Waals surface area contributed by atoms with Gasteiger partial charge in [0.05, 0.1) is 35.7 Å². The molecule has 6 heterocycles. The molecule has 1 aliphatic carbocycles. The summed E-state index contributed by atoms with van der Waals surface area (Å²) in [6, 6.07) is 9.46. The lowest BCUT2D eigenvalue weighted by atomic mass is 9.86. The zero-order valence-corrected chi connectivity index (χ0v) is 38.6. The first kappa shape index (κ1) is 45.3. The molecular formula is C47H56ClFN10O7. The molecule has 4 aromatic rings. The number of hydrogen-bond acceptors (Lipinski definition) is 13. The van der Waals surface area contributed by atoms with Crippen molar-refractivity contribution in [1.29, 1.82) is 0 Å². The first-order valence-corrected chi connectivity index (χ1v) is 23.3. The van der Waals surface area contributed by atoms with Crippen LogP contribution in [0.15, 0.2) is 47.4 Å². The molecule has 3 saturated heterocycles. The van der Waals surface area contributed by atoms with Crippen molar-refractivity contribution >= 4 is 69.3 Å². The zero-order valence-electron chi connectivity index (χ0n) is 37.8. The van der Waals surface area contributed by atoms with Gasteiger partial charge in [0, 0.05) is 86.5 Å². The smallest absolute Gasteiger partial charge is 0.293 e. The van der Waals surface area contributed by atoms with Crippen LogP contribution in [0.1, 0.15) is 94.2 Å². The Bertz CT molecular complexity index is 2630. The predicted octanol–water partition coefficient (Wildman–Crippen LogP) is 5.08. The number of ether oxygens (including phenoxy) is 2. The van der Waals surface area contributed by atoms with E-state index in [1.165, 1.54) is 11.9 Å². The molecule has 0 unspecified atom stereocenters. The van der Waals surface area contributed by atoms with Gasteiger partial charge in [0.2, 0.25) is 17.8 Å². The summed E-state index contributed by atoms with van der Waals surface area (Å²) in [5.74, 6) is -0.924. The minimum atomic E-state index is -0.811. The van der Waals surface area contributed by atoms with Crippen LogP contribution in [0.25, 0.3) is 10.9 Å². The highest BCUT2D eigenvalue weighted by Crippen LogP contribution is 2.42. The van der Waals surface area contributed by atoms with Gasteiger partial charge in [-0.2, -0.15) is 4.98 Å². The SMILES string of the molecule is CNC(=O)COc1cc2cc(Nc3nc(N4CCC(O[C@H]5C[C@H](N6CCN(c7ccc8c(c7F)[C@@H](C)N([C@H]7CCC(=O)NC7=O)C8=O)[C@H](C)C6)C5)CC4)ncc3Cl)ccc2n(C(C)C)c1=O. The molecule has 4 fully saturated rings. The monoisotopic (exact) mass is 926 g/mol. The van der Waals surface area contributed by atoms with Crippen molar-refractivity contribution in [2.75, 3.05) is 61.5 Å². The van der Waals surface area contributed by atoms with Crippen molar-refractivity contribution in [3.8, 4) is 5.75 Å². The molecular weight excluding hydrogens is 871 g/mol. The van der Waals surface area contributed by atoms with E-state index in [0.29, 0.717) is 46.3 Å². The molecule has 66 heavy (non-hydrogen) atoms. The van der Waals surface area contributed by atoms with E-state index in [1.807, 2.05) is 32.0 Å². The van der Waals surface area contributed by atoms with Crippen LogP contribution in [-0.4, -0.2) is 125 Å². The maximum atomic E-state index is 16.4. The van der Waals surface area contributed by atoms with E-state index in [0.717, 1.165) is 62.8 Å². The fourth-order valence-electron chi connectivity index (χ4n) is 10.3. The van der Waals surface area contributed by atoms with E-state index in [1.54, 1.807) is 35.9 Å². The second-order valence-corrected chi connectivity index (χ2v) is 18.7. The third kappa shape index (κ3) is 8.65. The summed E-state index contributed by atoms with van der Waals surface area (Å²) in [6.07, 6.45) is 5.82. The van der Waals surface area contributed by atoms with Gasteiger partial charge in [0.25, 0.3) is 17.4 Å². The van der Waals surface area contributed by atoms with Crippen molar-refractivity contribution in [2.24, 2.45) is 0 Å². The van der Waals surface area contributed by atoms with E-state index >= 15 is 4.39 Å². The second-order valence-electron chi connectivity index (χ2n) is 18.3. The number of halogens is 2. The molecule has 0 bridgehead atoms. The Kier molecular flexibility index (Phi) is 12.7. The van der Waals surface area contributed by atoms with Gasteiger partial charge in [-0.1, -0.05) is 11.6 Å². The highest BCUT2D eigenvalue weighted by Gasteiger charge is 2.46. The lowest BCUT2D eigenvalue weighted by molar-refractivity contribution is -0.137. The minimum absolute atomic E-state index is 0.0356. The van der Waals surface area contributed by atoms with E-state index in [-0.39, 0.29) is 78.3 Å². The van der Waals surface area contributed by atoms with Gasteiger partial charge in [-0.25, -0.2) is 9.37 Å². The molecule has 3 N–H and O–H groups in total. The maximum absolute atomic E-state index is 16.4. The Morgan fingerprint density at radius 1 is 1.00 bits per heavy atom. The van der Waals surface area contributed by atoms with Gasteiger partial charge in [-0.15, -0.1) is 0 Å². The number of fused-ring (bicyclic) bond motifs is 2. The molecule has 350 valence electrons. The average molecular weight is 927 g/mol. The van der Waals surface area contributed by atoms with Crippen LogP contribution < -0.4 is 36.0 Å². The summed E-state index contributed by atoms with van der Waals surface area (Å²) in [5, 5.41) is 9.25. The van der Waals surface area contributed by atoms with E-state index in [2.05, 4.69) is 42.6 Å². The summed E-state index contributed by atoms with van der Waals surface area (Å²) >= 11 is 6.60. The predicted molar refractivity (Wildman–Crippen MR) is 247 cm³/mol. The molecule has 5 aliphatic rings. The van der Waals surface area contributed by atoms with Crippen LogP contribution in [0.3, 0.4) is 0 Å². The Labute approximate surface area is 386 Å². The Morgan fingerprint density at radius 2 is 1.77 bits per heavy atom. The van der Waals surface area contributed by atoms with Crippen molar-refractivity contribution in [3.63, 3.8) is 0 Å². The van der Waals surface area contributed by atoms with Gasteiger partial charge < -0.3 is 39.4 Å². The fraction of sp³-hybridized carbons (Fsp3) is 0.511. The number of piperazine rings is 1. The molecule has 0 spiro atoms. The number of imide groups is 1. The highest BCUT2D eigenvalue weighted by molar-refractivity contribution is 6.33. The molecule has 3 atom stereocenters. The molecule has 4 amide bonds. The topological polar surface area (TPSA) is 184 Å². The number of benzene rings is 2. The third-order valence-corrected chi connectivity index (χ3v) is 14.1. The van der Waals surface area contributed by atoms with Gasteiger partial charge >= 0.3 is 0 Å². The van der Waals surface area contributed by atoms with Crippen LogP contribution in [0, 0.1) is 5.82 Å².